The maximum Gasteiger partial charge on any atom is 0.336 e. The third-order valence-corrected chi connectivity index (χ3v) is 2.48. The van der Waals surface area contributed by atoms with Crippen LogP contribution in [0.3, 0.4) is 0 Å². The molecule has 14 heavy (non-hydrogen) atoms. The van der Waals surface area contributed by atoms with Crippen LogP contribution in [0.1, 0.15) is 0 Å². The van der Waals surface area contributed by atoms with Gasteiger partial charge >= 0.3 is 5.97 Å². The summed E-state index contributed by atoms with van der Waals surface area (Å²) >= 11 is 3.08. The SMILES string of the molecule is COC(=O)C1CN(C(=O)CBr)CCO1. The fraction of sp³-hybridized carbons (Fsp3) is 0.750. The van der Waals surface area contributed by atoms with Crippen molar-refractivity contribution < 1.29 is 19.1 Å². The van der Waals surface area contributed by atoms with E-state index in [4.69, 9.17) is 4.74 Å². The number of amides is 1. The highest BCUT2D eigenvalue weighted by atomic mass is 79.9. The van der Waals surface area contributed by atoms with Gasteiger partial charge in [0.25, 0.3) is 0 Å². The van der Waals surface area contributed by atoms with Gasteiger partial charge in [-0.05, 0) is 0 Å². The lowest BCUT2D eigenvalue weighted by Crippen LogP contribution is -2.49. The first-order valence-electron chi connectivity index (χ1n) is 4.22. The molecule has 0 saturated carbocycles. The van der Waals surface area contributed by atoms with Crippen LogP contribution in [0, 0.1) is 0 Å². The van der Waals surface area contributed by atoms with E-state index in [1.54, 1.807) is 4.90 Å². The molecule has 1 heterocycles. The van der Waals surface area contributed by atoms with Gasteiger partial charge in [0.15, 0.2) is 6.10 Å². The van der Waals surface area contributed by atoms with Crippen LogP contribution in [0.2, 0.25) is 0 Å². The van der Waals surface area contributed by atoms with Gasteiger partial charge in [0, 0.05) is 6.54 Å². The van der Waals surface area contributed by atoms with E-state index in [0.717, 1.165) is 0 Å². The summed E-state index contributed by atoms with van der Waals surface area (Å²) in [4.78, 5) is 24.0. The first-order chi connectivity index (χ1) is 6.69. The summed E-state index contributed by atoms with van der Waals surface area (Å²) in [6.45, 7) is 1.17. The number of halogens is 1. The predicted octanol–water partition coefficient (Wildman–Crippen LogP) is -0.218. The molecule has 1 amide bonds. The van der Waals surface area contributed by atoms with Crippen LogP contribution >= 0.6 is 15.9 Å². The summed E-state index contributed by atoms with van der Waals surface area (Å²) in [5.41, 5.74) is 0. The number of nitrogens with zero attached hydrogens (tertiary/aromatic N) is 1. The van der Waals surface area contributed by atoms with Crippen molar-refractivity contribution in [3.8, 4) is 0 Å². The van der Waals surface area contributed by atoms with E-state index in [1.807, 2.05) is 0 Å². The number of carbonyl (C=O) groups is 2. The number of carbonyl (C=O) groups excluding carboxylic acids is 2. The zero-order valence-corrected chi connectivity index (χ0v) is 9.45. The molecule has 1 aliphatic heterocycles. The van der Waals surface area contributed by atoms with Gasteiger partial charge in [-0.3, -0.25) is 4.79 Å². The molecule has 0 bridgehead atoms. The molecule has 0 aromatic rings. The highest BCUT2D eigenvalue weighted by molar-refractivity contribution is 9.09. The lowest BCUT2D eigenvalue weighted by atomic mass is 10.3. The van der Waals surface area contributed by atoms with Gasteiger partial charge in [-0.25, -0.2) is 4.79 Å². The van der Waals surface area contributed by atoms with Crippen molar-refractivity contribution in [1.82, 2.24) is 4.90 Å². The Balaban J connectivity index is 2.51. The molecule has 1 fully saturated rings. The van der Waals surface area contributed by atoms with Gasteiger partial charge in [-0.2, -0.15) is 0 Å². The molecule has 1 unspecified atom stereocenters. The molecule has 1 saturated heterocycles. The van der Waals surface area contributed by atoms with Gasteiger partial charge in [0.05, 0.1) is 25.6 Å². The number of hydrogen-bond donors (Lipinski definition) is 0. The Hall–Kier alpha value is -0.620. The molecule has 0 aliphatic carbocycles. The maximum absolute atomic E-state index is 11.3. The van der Waals surface area contributed by atoms with Crippen molar-refractivity contribution in [2.24, 2.45) is 0 Å². The average molecular weight is 266 g/mol. The summed E-state index contributed by atoms with van der Waals surface area (Å²) in [6, 6.07) is 0. The predicted molar refractivity (Wildman–Crippen MR) is 52.1 cm³/mol. The molecular formula is C8H12BrNO4. The molecular weight excluding hydrogens is 254 g/mol. The molecule has 0 aromatic heterocycles. The molecule has 80 valence electrons. The Labute approximate surface area is 90.5 Å². The van der Waals surface area contributed by atoms with Gasteiger partial charge < -0.3 is 14.4 Å². The summed E-state index contributed by atoms with van der Waals surface area (Å²) < 4.78 is 9.71. The summed E-state index contributed by atoms with van der Waals surface area (Å²) in [5, 5.41) is 0.265. The Morgan fingerprint density at radius 2 is 2.36 bits per heavy atom. The normalized spacial score (nSPS) is 21.9. The van der Waals surface area contributed by atoms with Crippen LogP contribution < -0.4 is 0 Å². The highest BCUT2D eigenvalue weighted by Crippen LogP contribution is 2.07. The molecule has 1 rings (SSSR count). The zero-order chi connectivity index (χ0) is 10.6. The fourth-order valence-corrected chi connectivity index (χ4v) is 1.59. The number of alkyl halides is 1. The van der Waals surface area contributed by atoms with Gasteiger partial charge in [0.1, 0.15) is 0 Å². The number of hydrogen-bond acceptors (Lipinski definition) is 4. The molecule has 1 atom stereocenters. The molecule has 1 aliphatic rings. The number of methoxy groups -OCH3 is 1. The summed E-state index contributed by atoms with van der Waals surface area (Å²) in [7, 11) is 1.30. The first-order valence-corrected chi connectivity index (χ1v) is 5.34. The quantitative estimate of drug-likeness (QED) is 0.512. The summed E-state index contributed by atoms with van der Waals surface area (Å²) in [6.07, 6.45) is -0.642. The molecule has 0 spiro atoms. The Morgan fingerprint density at radius 1 is 1.64 bits per heavy atom. The van der Waals surface area contributed by atoms with Crippen molar-refractivity contribution >= 4 is 27.8 Å². The molecule has 0 aromatic carbocycles. The monoisotopic (exact) mass is 265 g/mol. The highest BCUT2D eigenvalue weighted by Gasteiger charge is 2.29. The molecule has 0 N–H and O–H groups in total. The standard InChI is InChI=1S/C8H12BrNO4/c1-13-8(12)6-5-10(2-3-14-6)7(11)4-9/h6H,2-5H2,1H3. The third kappa shape index (κ3) is 2.68. The van der Waals surface area contributed by atoms with Crippen molar-refractivity contribution in [1.29, 1.82) is 0 Å². The van der Waals surface area contributed by atoms with E-state index in [2.05, 4.69) is 20.7 Å². The van der Waals surface area contributed by atoms with Gasteiger partial charge in [-0.1, -0.05) is 15.9 Å². The third-order valence-electron chi connectivity index (χ3n) is 2.00. The second-order valence-corrected chi connectivity index (χ2v) is 3.42. The molecule has 0 radical (unpaired) electrons. The van der Waals surface area contributed by atoms with Crippen LogP contribution in [-0.4, -0.2) is 55.0 Å². The van der Waals surface area contributed by atoms with E-state index in [0.29, 0.717) is 13.2 Å². The Kier molecular flexibility index (Phi) is 4.34. The lowest BCUT2D eigenvalue weighted by molar-refractivity contribution is -0.161. The average Bonchev–Trinajstić information content (AvgIpc) is 2.27. The minimum atomic E-state index is -0.642. The van der Waals surface area contributed by atoms with Crippen molar-refractivity contribution in [3.63, 3.8) is 0 Å². The van der Waals surface area contributed by atoms with Crippen LogP contribution in [0.25, 0.3) is 0 Å². The lowest BCUT2D eigenvalue weighted by Gasteiger charge is -2.31. The topological polar surface area (TPSA) is 55.8 Å². The largest absolute Gasteiger partial charge is 0.467 e. The van der Waals surface area contributed by atoms with Crippen LogP contribution in [-0.2, 0) is 19.1 Å². The van der Waals surface area contributed by atoms with Crippen LogP contribution in [0.5, 0.6) is 0 Å². The molecule has 5 nitrogen and oxygen atoms in total. The van der Waals surface area contributed by atoms with Crippen molar-refractivity contribution in [3.05, 3.63) is 0 Å². The van der Waals surface area contributed by atoms with Gasteiger partial charge in [0.2, 0.25) is 5.91 Å². The van der Waals surface area contributed by atoms with E-state index < -0.39 is 12.1 Å². The number of morpholine rings is 1. The minimum Gasteiger partial charge on any atom is -0.467 e. The van der Waals surface area contributed by atoms with E-state index in [-0.39, 0.29) is 17.8 Å². The van der Waals surface area contributed by atoms with E-state index in [9.17, 15) is 9.59 Å². The van der Waals surface area contributed by atoms with E-state index >= 15 is 0 Å². The summed E-state index contributed by atoms with van der Waals surface area (Å²) in [5.74, 6) is -0.473. The number of rotatable bonds is 2. The maximum atomic E-state index is 11.3. The molecule has 6 heteroatoms. The van der Waals surface area contributed by atoms with Crippen LogP contribution in [0.15, 0.2) is 0 Å². The van der Waals surface area contributed by atoms with Crippen molar-refractivity contribution in [2.75, 3.05) is 32.1 Å². The number of ether oxygens (including phenoxy) is 2. The van der Waals surface area contributed by atoms with E-state index in [1.165, 1.54) is 7.11 Å². The zero-order valence-electron chi connectivity index (χ0n) is 7.86. The minimum absolute atomic E-state index is 0.0396. The Morgan fingerprint density at radius 3 is 2.93 bits per heavy atom. The second-order valence-electron chi connectivity index (χ2n) is 2.86. The first kappa shape index (κ1) is 11.5. The second kappa shape index (κ2) is 5.31. The van der Waals surface area contributed by atoms with Crippen LogP contribution in [0.4, 0.5) is 0 Å². The van der Waals surface area contributed by atoms with Gasteiger partial charge in [-0.15, -0.1) is 0 Å². The number of esters is 1. The van der Waals surface area contributed by atoms with Crippen molar-refractivity contribution in [2.45, 2.75) is 6.10 Å². The fourth-order valence-electron chi connectivity index (χ4n) is 1.23. The smallest absolute Gasteiger partial charge is 0.336 e. The Bertz CT molecular complexity index is 211.